The van der Waals surface area contributed by atoms with Gasteiger partial charge in [-0.05, 0) is 36.8 Å². The number of guanidine groups is 1. The third-order valence-corrected chi connectivity index (χ3v) is 3.29. The van der Waals surface area contributed by atoms with Crippen molar-refractivity contribution in [1.82, 2.24) is 0 Å². The lowest BCUT2D eigenvalue weighted by Crippen LogP contribution is -2.22. The normalized spacial score (nSPS) is 10.6. The second-order valence-corrected chi connectivity index (χ2v) is 4.95. The number of nitrogens with zero attached hydrogens (tertiary/aromatic N) is 1. The number of nitrogens with two attached hydrogens (primary N) is 1. The zero-order valence-electron chi connectivity index (χ0n) is 14.6. The first-order valence-electron chi connectivity index (χ1n) is 7.67. The van der Waals surface area contributed by atoms with E-state index in [0.717, 1.165) is 11.3 Å². The first kappa shape index (κ1) is 20.9. The van der Waals surface area contributed by atoms with E-state index in [1.807, 2.05) is 49.4 Å². The lowest BCUT2D eigenvalue weighted by atomic mass is 10.2. The van der Waals surface area contributed by atoms with Gasteiger partial charge in [-0.3, -0.25) is 0 Å². The molecule has 0 saturated carbocycles. The Balaban J connectivity index is 0.00000312. The number of ether oxygens (including phenoxy) is 3. The van der Waals surface area contributed by atoms with E-state index in [1.54, 1.807) is 14.2 Å². The Morgan fingerprint density at radius 3 is 2.20 bits per heavy atom. The summed E-state index contributed by atoms with van der Waals surface area (Å²) in [6.07, 6.45) is 0. The molecule has 7 heteroatoms. The SMILES string of the molecule is CCOc1c(OC)cc(CN=C(N)Nc2ccccc2)cc1OC.I. The van der Waals surface area contributed by atoms with Gasteiger partial charge in [0.1, 0.15) is 0 Å². The summed E-state index contributed by atoms with van der Waals surface area (Å²) in [5.74, 6) is 2.14. The Hall–Kier alpha value is -2.16. The van der Waals surface area contributed by atoms with Crippen LogP contribution in [0.25, 0.3) is 0 Å². The van der Waals surface area contributed by atoms with Crippen molar-refractivity contribution in [2.24, 2.45) is 10.7 Å². The van der Waals surface area contributed by atoms with Gasteiger partial charge < -0.3 is 25.3 Å². The van der Waals surface area contributed by atoms with Crippen LogP contribution < -0.4 is 25.3 Å². The molecular weight excluding hydrogens is 433 g/mol. The molecule has 0 radical (unpaired) electrons. The highest BCUT2D eigenvalue weighted by molar-refractivity contribution is 14.0. The fourth-order valence-corrected chi connectivity index (χ4v) is 2.20. The molecule has 0 amide bonds. The number of methoxy groups -OCH3 is 2. The van der Waals surface area contributed by atoms with Crippen LogP contribution in [0.2, 0.25) is 0 Å². The van der Waals surface area contributed by atoms with Gasteiger partial charge in [0.2, 0.25) is 5.75 Å². The minimum atomic E-state index is 0. The summed E-state index contributed by atoms with van der Waals surface area (Å²) >= 11 is 0. The van der Waals surface area contributed by atoms with Crippen LogP contribution in [0.1, 0.15) is 12.5 Å². The van der Waals surface area contributed by atoms with Crippen molar-refractivity contribution in [3.05, 3.63) is 48.0 Å². The average molecular weight is 457 g/mol. The lowest BCUT2D eigenvalue weighted by Gasteiger charge is -2.15. The molecule has 0 unspecified atom stereocenters. The van der Waals surface area contributed by atoms with E-state index in [2.05, 4.69) is 10.3 Å². The second-order valence-electron chi connectivity index (χ2n) is 4.95. The van der Waals surface area contributed by atoms with E-state index in [4.69, 9.17) is 19.9 Å². The van der Waals surface area contributed by atoms with Crippen LogP contribution in [-0.2, 0) is 6.54 Å². The van der Waals surface area contributed by atoms with Crippen molar-refractivity contribution < 1.29 is 14.2 Å². The van der Waals surface area contributed by atoms with E-state index in [-0.39, 0.29) is 24.0 Å². The number of nitrogens with one attached hydrogen (secondary N) is 1. The predicted octanol–water partition coefficient (Wildman–Crippen LogP) is 3.65. The standard InChI is InChI=1S/C18H23N3O3.HI/c1-4-24-17-15(22-2)10-13(11-16(17)23-3)12-20-18(19)21-14-8-6-5-7-9-14;/h5-11H,4,12H2,1-3H3,(H3,19,20,21);1H. The van der Waals surface area contributed by atoms with Crippen molar-refractivity contribution in [1.29, 1.82) is 0 Å². The smallest absolute Gasteiger partial charge is 0.203 e. The number of para-hydroxylation sites is 1. The maximum absolute atomic E-state index is 5.92. The predicted molar refractivity (Wildman–Crippen MR) is 112 cm³/mol. The van der Waals surface area contributed by atoms with Crippen molar-refractivity contribution in [2.75, 3.05) is 26.1 Å². The fraction of sp³-hybridized carbons (Fsp3) is 0.278. The van der Waals surface area contributed by atoms with Gasteiger partial charge >= 0.3 is 0 Å². The summed E-state index contributed by atoms with van der Waals surface area (Å²) in [6, 6.07) is 13.4. The molecule has 2 rings (SSSR count). The Morgan fingerprint density at radius 1 is 1.08 bits per heavy atom. The zero-order chi connectivity index (χ0) is 17.4. The fourth-order valence-electron chi connectivity index (χ4n) is 2.20. The zero-order valence-corrected chi connectivity index (χ0v) is 16.9. The average Bonchev–Trinajstić information content (AvgIpc) is 2.61. The summed E-state index contributed by atoms with van der Waals surface area (Å²) in [5.41, 5.74) is 7.72. The summed E-state index contributed by atoms with van der Waals surface area (Å²) < 4.78 is 16.4. The van der Waals surface area contributed by atoms with Gasteiger partial charge in [-0.25, -0.2) is 4.99 Å². The Bertz CT molecular complexity index is 668. The molecule has 0 saturated heterocycles. The molecule has 6 nitrogen and oxygen atoms in total. The van der Waals surface area contributed by atoms with Gasteiger partial charge in [0.15, 0.2) is 17.5 Å². The van der Waals surface area contributed by atoms with Crippen LogP contribution in [0.5, 0.6) is 17.2 Å². The van der Waals surface area contributed by atoms with E-state index < -0.39 is 0 Å². The first-order valence-corrected chi connectivity index (χ1v) is 7.67. The number of hydrogen-bond acceptors (Lipinski definition) is 4. The minimum absolute atomic E-state index is 0. The number of aliphatic imine (C=N–C) groups is 1. The summed E-state index contributed by atoms with van der Waals surface area (Å²) in [4.78, 5) is 4.35. The molecule has 3 N–H and O–H groups in total. The molecule has 2 aromatic rings. The Kier molecular flexibility index (Phi) is 8.90. The Labute approximate surface area is 165 Å². The van der Waals surface area contributed by atoms with Gasteiger partial charge in [0.05, 0.1) is 27.4 Å². The van der Waals surface area contributed by atoms with Crippen LogP contribution in [0.15, 0.2) is 47.5 Å². The lowest BCUT2D eigenvalue weighted by molar-refractivity contribution is 0.288. The molecule has 25 heavy (non-hydrogen) atoms. The molecule has 0 aliphatic carbocycles. The molecule has 0 bridgehead atoms. The van der Waals surface area contributed by atoms with Crippen LogP contribution in [0, 0.1) is 0 Å². The molecule has 0 fully saturated rings. The highest BCUT2D eigenvalue weighted by Crippen LogP contribution is 2.38. The monoisotopic (exact) mass is 457 g/mol. The third kappa shape index (κ3) is 6.00. The maximum atomic E-state index is 5.92. The van der Waals surface area contributed by atoms with Crippen molar-refractivity contribution in [2.45, 2.75) is 13.5 Å². The highest BCUT2D eigenvalue weighted by atomic mass is 127. The quantitative estimate of drug-likeness (QED) is 0.377. The van der Waals surface area contributed by atoms with Crippen LogP contribution in [-0.4, -0.2) is 26.8 Å². The van der Waals surface area contributed by atoms with Crippen molar-refractivity contribution >= 4 is 35.6 Å². The van der Waals surface area contributed by atoms with Gasteiger partial charge in [-0.2, -0.15) is 0 Å². The largest absolute Gasteiger partial charge is 0.493 e. The second kappa shape index (κ2) is 10.7. The highest BCUT2D eigenvalue weighted by Gasteiger charge is 2.13. The molecule has 0 aliphatic rings. The van der Waals surface area contributed by atoms with E-state index in [0.29, 0.717) is 36.4 Å². The number of halogens is 1. The van der Waals surface area contributed by atoms with Gasteiger partial charge in [0.25, 0.3) is 0 Å². The van der Waals surface area contributed by atoms with E-state index >= 15 is 0 Å². The van der Waals surface area contributed by atoms with Gasteiger partial charge in [-0.15, -0.1) is 24.0 Å². The molecular formula is C18H24IN3O3. The summed E-state index contributed by atoms with van der Waals surface area (Å²) in [5, 5.41) is 3.04. The molecule has 0 spiro atoms. The molecule has 2 aromatic carbocycles. The van der Waals surface area contributed by atoms with Crippen molar-refractivity contribution in [3.63, 3.8) is 0 Å². The first-order chi connectivity index (χ1) is 11.7. The molecule has 0 atom stereocenters. The Morgan fingerprint density at radius 2 is 1.68 bits per heavy atom. The maximum Gasteiger partial charge on any atom is 0.203 e. The summed E-state index contributed by atoms with van der Waals surface area (Å²) in [7, 11) is 3.19. The third-order valence-electron chi connectivity index (χ3n) is 3.29. The minimum Gasteiger partial charge on any atom is -0.493 e. The van der Waals surface area contributed by atoms with Gasteiger partial charge in [0, 0.05) is 5.69 Å². The molecule has 0 aliphatic heterocycles. The molecule has 136 valence electrons. The van der Waals surface area contributed by atoms with Crippen LogP contribution in [0.3, 0.4) is 0 Å². The van der Waals surface area contributed by atoms with Crippen LogP contribution in [0.4, 0.5) is 5.69 Å². The number of hydrogen-bond donors (Lipinski definition) is 2. The number of anilines is 1. The number of rotatable bonds is 7. The van der Waals surface area contributed by atoms with E-state index in [1.165, 1.54) is 0 Å². The molecule has 0 heterocycles. The molecule has 0 aromatic heterocycles. The van der Waals surface area contributed by atoms with Crippen molar-refractivity contribution in [3.8, 4) is 17.2 Å². The van der Waals surface area contributed by atoms with Gasteiger partial charge in [-0.1, -0.05) is 18.2 Å². The number of benzene rings is 2. The topological polar surface area (TPSA) is 78.1 Å². The van der Waals surface area contributed by atoms with Crippen LogP contribution >= 0.6 is 24.0 Å². The summed E-state index contributed by atoms with van der Waals surface area (Å²) in [6.45, 7) is 2.83. The van der Waals surface area contributed by atoms with E-state index in [9.17, 15) is 0 Å².